The van der Waals surface area contributed by atoms with Gasteiger partial charge in [0.2, 0.25) is 5.79 Å². The number of fused-ring (bicyclic) bond motifs is 1. The number of aromatic hydroxyl groups is 2. The summed E-state index contributed by atoms with van der Waals surface area (Å²) in [7, 11) is 0. The van der Waals surface area contributed by atoms with Gasteiger partial charge < -0.3 is 60.2 Å². The highest BCUT2D eigenvalue weighted by Crippen LogP contribution is 2.55. The number of ketones is 1. The zero-order valence-corrected chi connectivity index (χ0v) is 17.4. The Labute approximate surface area is 186 Å². The van der Waals surface area contributed by atoms with Gasteiger partial charge in [0.15, 0.2) is 5.78 Å². The summed E-state index contributed by atoms with van der Waals surface area (Å²) in [5, 5.41) is 92.0. The summed E-state index contributed by atoms with van der Waals surface area (Å²) in [5.74, 6) is -4.63. The van der Waals surface area contributed by atoms with E-state index in [9.17, 15) is 50.8 Å². The number of aliphatic hydroxyl groups is 7. The zero-order valence-electron chi connectivity index (χ0n) is 17.4. The molecule has 0 unspecified atom stereocenters. The quantitative estimate of drug-likeness (QED) is 0.194. The second kappa shape index (κ2) is 8.30. The van der Waals surface area contributed by atoms with Crippen LogP contribution in [0.25, 0.3) is 0 Å². The zero-order chi connectivity index (χ0) is 24.4. The Kier molecular flexibility index (Phi) is 6.05. The largest absolute Gasteiger partial charge is 0.507 e. The van der Waals surface area contributed by atoms with Crippen LogP contribution < -0.4 is 4.74 Å². The van der Waals surface area contributed by atoms with Gasteiger partial charge in [0.1, 0.15) is 71.6 Å². The first-order valence-corrected chi connectivity index (χ1v) is 10.2. The number of benzene rings is 1. The van der Waals surface area contributed by atoms with Gasteiger partial charge in [0, 0.05) is 12.0 Å². The van der Waals surface area contributed by atoms with Gasteiger partial charge in [-0.2, -0.15) is 0 Å². The molecule has 0 saturated carbocycles. The number of rotatable bonds is 4. The summed E-state index contributed by atoms with van der Waals surface area (Å²) in [6.45, 7) is -0.345. The summed E-state index contributed by atoms with van der Waals surface area (Å²) >= 11 is 0. The number of ether oxygens (including phenoxy) is 3. The van der Waals surface area contributed by atoms with Crippen molar-refractivity contribution in [1.82, 2.24) is 0 Å². The highest BCUT2D eigenvalue weighted by atomic mass is 16.7. The molecule has 0 aliphatic carbocycles. The van der Waals surface area contributed by atoms with Crippen molar-refractivity contribution in [3.8, 4) is 17.2 Å². The Bertz CT molecular complexity index is 949. The minimum atomic E-state index is -1.99. The summed E-state index contributed by atoms with van der Waals surface area (Å²) in [6.07, 6.45) is -13.3. The molecule has 1 aromatic carbocycles. The summed E-state index contributed by atoms with van der Waals surface area (Å²) < 4.78 is 16.6. The maximum atomic E-state index is 12.4. The lowest BCUT2D eigenvalue weighted by Gasteiger charge is -2.40. The number of Topliss-reactive ketones (excluding diaryl/α,β-unsaturated/α-hetero) is 1. The lowest BCUT2D eigenvalue weighted by atomic mass is 9.86. The molecule has 2 saturated heterocycles. The second-order valence-electron chi connectivity index (χ2n) is 8.46. The van der Waals surface area contributed by atoms with Gasteiger partial charge in [-0.15, -0.1) is 0 Å². The number of aliphatic hydroxyl groups excluding tert-OH is 7. The Morgan fingerprint density at radius 1 is 0.939 bits per heavy atom. The molecule has 0 bridgehead atoms. The van der Waals surface area contributed by atoms with E-state index in [1.807, 2.05) is 0 Å². The first-order chi connectivity index (χ1) is 15.5. The van der Waals surface area contributed by atoms with Crippen molar-refractivity contribution < 1.29 is 65.0 Å². The molecule has 9 N–H and O–H groups in total. The maximum Gasteiger partial charge on any atom is 0.244 e. The van der Waals surface area contributed by atoms with E-state index in [-0.39, 0.29) is 11.3 Å². The first-order valence-electron chi connectivity index (χ1n) is 10.2. The molecule has 184 valence electrons. The topological polar surface area (TPSA) is 227 Å². The van der Waals surface area contributed by atoms with Crippen molar-refractivity contribution in [2.75, 3.05) is 13.2 Å². The molecule has 2 fully saturated rings. The van der Waals surface area contributed by atoms with E-state index in [0.29, 0.717) is 0 Å². The van der Waals surface area contributed by atoms with Gasteiger partial charge in [0.05, 0.1) is 18.8 Å². The molecular weight excluding hydrogens is 448 g/mol. The highest BCUT2D eigenvalue weighted by Gasteiger charge is 2.60. The van der Waals surface area contributed by atoms with Crippen molar-refractivity contribution in [3.05, 3.63) is 16.7 Å². The van der Waals surface area contributed by atoms with Gasteiger partial charge in [-0.1, -0.05) is 0 Å². The second-order valence-corrected chi connectivity index (χ2v) is 8.46. The fourth-order valence-corrected chi connectivity index (χ4v) is 4.68. The molecule has 0 aromatic heterocycles. The molecule has 13 nitrogen and oxygen atoms in total. The third-order valence-corrected chi connectivity index (χ3v) is 6.45. The monoisotopic (exact) mass is 474 g/mol. The Balaban J connectivity index is 1.85. The van der Waals surface area contributed by atoms with Crippen LogP contribution in [0.1, 0.15) is 34.5 Å². The van der Waals surface area contributed by atoms with Gasteiger partial charge >= 0.3 is 0 Å². The van der Waals surface area contributed by atoms with Crippen LogP contribution in [0.3, 0.4) is 0 Å². The number of phenolic OH excluding ortho intramolecular Hbond substituents is 2. The van der Waals surface area contributed by atoms with Gasteiger partial charge in [-0.05, 0) is 6.92 Å². The molecular formula is C20H26O13. The molecule has 3 aliphatic heterocycles. The molecule has 0 amide bonds. The van der Waals surface area contributed by atoms with Crippen LogP contribution >= 0.6 is 0 Å². The molecule has 3 aliphatic rings. The molecule has 0 radical (unpaired) electrons. The van der Waals surface area contributed by atoms with Gasteiger partial charge in [0.25, 0.3) is 0 Å². The fourth-order valence-electron chi connectivity index (χ4n) is 4.68. The minimum absolute atomic E-state index is 0.130. The molecule has 33 heavy (non-hydrogen) atoms. The van der Waals surface area contributed by atoms with E-state index in [2.05, 4.69) is 0 Å². The van der Waals surface area contributed by atoms with Crippen molar-refractivity contribution >= 4 is 5.78 Å². The van der Waals surface area contributed by atoms with Crippen LogP contribution in [-0.2, 0) is 15.9 Å². The first kappa shape index (κ1) is 24.1. The van der Waals surface area contributed by atoms with E-state index in [1.54, 1.807) is 0 Å². The van der Waals surface area contributed by atoms with Crippen LogP contribution in [0, 0.1) is 0 Å². The Morgan fingerprint density at radius 3 is 2.12 bits per heavy atom. The van der Waals surface area contributed by atoms with Crippen LogP contribution in [-0.4, -0.2) is 113 Å². The lowest BCUT2D eigenvalue weighted by molar-refractivity contribution is -0.232. The van der Waals surface area contributed by atoms with E-state index < -0.39 is 103 Å². The number of hydrogen-bond acceptors (Lipinski definition) is 13. The van der Waals surface area contributed by atoms with E-state index in [4.69, 9.17) is 14.2 Å². The summed E-state index contributed by atoms with van der Waals surface area (Å²) in [5.41, 5.74) is -1.09. The predicted molar refractivity (Wildman–Crippen MR) is 104 cm³/mol. The predicted octanol–water partition coefficient (Wildman–Crippen LogP) is -3.44. The number of hydrogen-bond donors (Lipinski definition) is 9. The molecule has 9 atom stereocenters. The smallest absolute Gasteiger partial charge is 0.244 e. The van der Waals surface area contributed by atoms with Gasteiger partial charge in [-0.25, -0.2) is 0 Å². The Morgan fingerprint density at radius 2 is 1.58 bits per heavy atom. The molecule has 1 aromatic rings. The normalized spacial score (nSPS) is 40.1. The molecule has 4 rings (SSSR count). The highest BCUT2D eigenvalue weighted by molar-refractivity contribution is 6.01. The van der Waals surface area contributed by atoms with Crippen LogP contribution in [0.4, 0.5) is 0 Å². The number of carbonyl (C=O) groups is 1. The fraction of sp³-hybridized carbons (Fsp3) is 0.650. The summed E-state index contributed by atoms with van der Waals surface area (Å²) in [4.78, 5) is 12.4. The third-order valence-electron chi connectivity index (χ3n) is 6.45. The van der Waals surface area contributed by atoms with Gasteiger partial charge in [-0.3, -0.25) is 4.79 Å². The van der Waals surface area contributed by atoms with Crippen molar-refractivity contribution in [3.63, 3.8) is 0 Å². The average Bonchev–Trinajstić information content (AvgIpc) is 3.26. The SMILES string of the molecule is CC(=O)c1c(O)c([C@@H]2O[C@H](CO)[C@@H](O)[C@H](O)[C@H]2O)c(O)c2c1O[C@]1(C2)O[C@H](CO)[C@@H](O)[C@@H]1O. The van der Waals surface area contributed by atoms with Crippen LogP contribution in [0.2, 0.25) is 0 Å². The molecule has 3 heterocycles. The van der Waals surface area contributed by atoms with E-state index in [1.165, 1.54) is 0 Å². The van der Waals surface area contributed by atoms with E-state index >= 15 is 0 Å². The molecule has 13 heteroatoms. The number of phenols is 2. The van der Waals surface area contributed by atoms with Crippen molar-refractivity contribution in [1.29, 1.82) is 0 Å². The van der Waals surface area contributed by atoms with Crippen LogP contribution in [0.5, 0.6) is 17.2 Å². The Hall–Kier alpha value is -2.07. The minimum Gasteiger partial charge on any atom is -0.507 e. The average molecular weight is 474 g/mol. The van der Waals surface area contributed by atoms with Crippen molar-refractivity contribution in [2.45, 2.75) is 68.0 Å². The standard InChI is InChI=1S/C20H26O13/c1-5(23)9-14(27)10(18-16(29)15(28)12(25)7(3-21)31-18)11(24)6-2-20(33-17(6)9)19(30)13(26)8(4-22)32-20/h7-8,12-13,15-16,18-19,21-22,24-30H,2-4H2,1H3/t7-,8-,12-,13-,15+,16-,18+,19+,20+/m1/s1. The van der Waals surface area contributed by atoms with Crippen molar-refractivity contribution in [2.24, 2.45) is 0 Å². The van der Waals surface area contributed by atoms with E-state index in [0.717, 1.165) is 6.92 Å². The lowest BCUT2D eigenvalue weighted by Crippen LogP contribution is -2.55. The number of carbonyl (C=O) groups excluding carboxylic acids is 1. The molecule has 1 spiro atoms. The maximum absolute atomic E-state index is 12.4. The summed E-state index contributed by atoms with van der Waals surface area (Å²) in [6, 6.07) is 0. The van der Waals surface area contributed by atoms with Crippen LogP contribution in [0.15, 0.2) is 0 Å². The third kappa shape index (κ3) is 3.39.